The standard InChI is InChI=1S/C12H10F3NOS/c13-12(14,15)10-4-3-9(17-10)11-16-8(6-18-11)5-7-1-2-7/h3-4,6-7H,1-2,5H2. The summed E-state index contributed by atoms with van der Waals surface area (Å²) in [5.74, 6) is -0.0758. The van der Waals surface area contributed by atoms with E-state index in [1.165, 1.54) is 30.2 Å². The highest BCUT2D eigenvalue weighted by molar-refractivity contribution is 7.13. The van der Waals surface area contributed by atoms with Crippen molar-refractivity contribution < 1.29 is 17.6 Å². The largest absolute Gasteiger partial charge is 0.449 e. The summed E-state index contributed by atoms with van der Waals surface area (Å²) in [6.45, 7) is 0. The lowest BCUT2D eigenvalue weighted by atomic mass is 10.2. The molecule has 3 rings (SSSR count). The summed E-state index contributed by atoms with van der Waals surface area (Å²) in [5, 5.41) is 2.41. The molecule has 0 saturated heterocycles. The molecule has 6 heteroatoms. The Kier molecular flexibility index (Phi) is 2.69. The van der Waals surface area contributed by atoms with Crippen molar-refractivity contribution in [3.63, 3.8) is 0 Å². The molecule has 18 heavy (non-hydrogen) atoms. The van der Waals surface area contributed by atoms with Crippen LogP contribution in [0.3, 0.4) is 0 Å². The van der Waals surface area contributed by atoms with Crippen LogP contribution in [0.5, 0.6) is 0 Å². The molecule has 0 spiro atoms. The Morgan fingerprint density at radius 1 is 1.33 bits per heavy atom. The highest BCUT2D eigenvalue weighted by Crippen LogP contribution is 2.36. The van der Waals surface area contributed by atoms with Gasteiger partial charge in [-0.25, -0.2) is 4.98 Å². The van der Waals surface area contributed by atoms with Gasteiger partial charge in [-0.15, -0.1) is 11.3 Å². The van der Waals surface area contributed by atoms with Crippen molar-refractivity contribution in [1.29, 1.82) is 0 Å². The van der Waals surface area contributed by atoms with Crippen molar-refractivity contribution in [3.05, 3.63) is 29.0 Å². The van der Waals surface area contributed by atoms with E-state index in [1.54, 1.807) is 0 Å². The molecular weight excluding hydrogens is 263 g/mol. The predicted molar refractivity (Wildman–Crippen MR) is 61.2 cm³/mol. The van der Waals surface area contributed by atoms with Crippen LogP contribution in [0, 0.1) is 5.92 Å². The normalized spacial score (nSPS) is 16.2. The minimum absolute atomic E-state index is 0.189. The number of thiazole rings is 1. The second kappa shape index (κ2) is 4.12. The third kappa shape index (κ3) is 2.43. The lowest BCUT2D eigenvalue weighted by Gasteiger charge is -1.99. The van der Waals surface area contributed by atoms with Gasteiger partial charge >= 0.3 is 6.18 Å². The Morgan fingerprint density at radius 2 is 2.11 bits per heavy atom. The van der Waals surface area contributed by atoms with Crippen molar-refractivity contribution in [2.75, 3.05) is 0 Å². The number of nitrogens with zero attached hydrogens (tertiary/aromatic N) is 1. The Morgan fingerprint density at radius 3 is 2.72 bits per heavy atom. The number of alkyl halides is 3. The monoisotopic (exact) mass is 273 g/mol. The number of aromatic nitrogens is 1. The molecule has 0 radical (unpaired) electrons. The molecule has 2 aromatic rings. The van der Waals surface area contributed by atoms with Gasteiger partial charge in [-0.05, 0) is 37.3 Å². The third-order valence-electron chi connectivity index (χ3n) is 2.84. The Bertz CT molecular complexity index is 554. The molecule has 96 valence electrons. The first-order chi connectivity index (χ1) is 8.52. The molecule has 1 aliphatic rings. The van der Waals surface area contributed by atoms with Gasteiger partial charge in [0.2, 0.25) is 5.76 Å². The van der Waals surface area contributed by atoms with Crippen LogP contribution in [0.15, 0.2) is 21.9 Å². The number of furan rings is 1. The molecule has 2 nitrogen and oxygen atoms in total. The Balaban J connectivity index is 1.81. The second-order valence-corrected chi connectivity index (χ2v) is 5.31. The summed E-state index contributed by atoms with van der Waals surface area (Å²) in [4.78, 5) is 4.31. The van der Waals surface area contributed by atoms with Crippen LogP contribution in [-0.2, 0) is 12.6 Å². The van der Waals surface area contributed by atoms with E-state index in [1.807, 2.05) is 5.38 Å². The first kappa shape index (κ1) is 11.8. The van der Waals surface area contributed by atoms with Crippen molar-refractivity contribution >= 4 is 11.3 Å². The maximum absolute atomic E-state index is 12.4. The molecule has 0 atom stereocenters. The molecule has 0 unspecified atom stereocenters. The molecular formula is C12H10F3NOS. The summed E-state index contributed by atoms with van der Waals surface area (Å²) in [6.07, 6.45) is -1.06. The molecule has 1 saturated carbocycles. The molecule has 0 bridgehead atoms. The fourth-order valence-corrected chi connectivity index (χ4v) is 2.53. The van der Waals surface area contributed by atoms with Crippen LogP contribution in [-0.4, -0.2) is 4.98 Å². The minimum Gasteiger partial charge on any atom is -0.449 e. The predicted octanol–water partition coefficient (Wildman–Crippen LogP) is 4.37. The van der Waals surface area contributed by atoms with Crippen LogP contribution in [0.2, 0.25) is 0 Å². The van der Waals surface area contributed by atoms with E-state index in [4.69, 9.17) is 4.42 Å². The fourth-order valence-electron chi connectivity index (χ4n) is 1.74. The zero-order chi connectivity index (χ0) is 12.8. The number of hydrogen-bond acceptors (Lipinski definition) is 3. The van der Waals surface area contributed by atoms with Gasteiger partial charge in [0.25, 0.3) is 0 Å². The van der Waals surface area contributed by atoms with E-state index < -0.39 is 11.9 Å². The van der Waals surface area contributed by atoms with E-state index in [2.05, 4.69) is 4.98 Å². The van der Waals surface area contributed by atoms with E-state index >= 15 is 0 Å². The fraction of sp³-hybridized carbons (Fsp3) is 0.417. The summed E-state index contributed by atoms with van der Waals surface area (Å²) in [7, 11) is 0. The quantitative estimate of drug-likeness (QED) is 0.829. The lowest BCUT2D eigenvalue weighted by Crippen LogP contribution is -2.01. The number of rotatable bonds is 3. The van der Waals surface area contributed by atoms with Crippen LogP contribution in [0.25, 0.3) is 10.8 Å². The zero-order valence-electron chi connectivity index (χ0n) is 9.33. The van der Waals surface area contributed by atoms with E-state index in [-0.39, 0.29) is 5.76 Å². The van der Waals surface area contributed by atoms with Crippen LogP contribution < -0.4 is 0 Å². The summed E-state index contributed by atoms with van der Waals surface area (Å²) in [6, 6.07) is 2.26. The highest BCUT2D eigenvalue weighted by Gasteiger charge is 2.35. The Hall–Kier alpha value is -1.30. The van der Waals surface area contributed by atoms with Gasteiger partial charge in [0.15, 0.2) is 10.8 Å². The van der Waals surface area contributed by atoms with Crippen molar-refractivity contribution in [3.8, 4) is 10.8 Å². The van der Waals surface area contributed by atoms with Crippen LogP contribution in [0.4, 0.5) is 13.2 Å². The molecule has 0 aromatic carbocycles. The minimum atomic E-state index is -4.44. The average molecular weight is 273 g/mol. The zero-order valence-corrected chi connectivity index (χ0v) is 10.1. The number of halogens is 3. The molecule has 2 aromatic heterocycles. The van der Waals surface area contributed by atoms with Gasteiger partial charge in [0.1, 0.15) is 0 Å². The molecule has 0 amide bonds. The van der Waals surface area contributed by atoms with E-state index in [0.717, 1.165) is 18.2 Å². The van der Waals surface area contributed by atoms with Gasteiger partial charge in [0, 0.05) is 5.38 Å². The molecule has 2 heterocycles. The summed E-state index contributed by atoms with van der Waals surface area (Å²) < 4.78 is 42.0. The Labute approximate surface area is 105 Å². The highest BCUT2D eigenvalue weighted by atomic mass is 32.1. The van der Waals surface area contributed by atoms with E-state index in [9.17, 15) is 13.2 Å². The topological polar surface area (TPSA) is 26.0 Å². The van der Waals surface area contributed by atoms with Crippen LogP contribution >= 0.6 is 11.3 Å². The lowest BCUT2D eigenvalue weighted by molar-refractivity contribution is -0.152. The summed E-state index contributed by atoms with van der Waals surface area (Å²) in [5.41, 5.74) is 0.947. The van der Waals surface area contributed by atoms with Gasteiger partial charge in [-0.2, -0.15) is 13.2 Å². The smallest absolute Gasteiger partial charge is 0.449 e. The van der Waals surface area contributed by atoms with Crippen molar-refractivity contribution in [1.82, 2.24) is 4.98 Å². The second-order valence-electron chi connectivity index (χ2n) is 4.45. The number of hydrogen-bond donors (Lipinski definition) is 0. The SMILES string of the molecule is FC(F)(F)c1ccc(-c2nc(CC3CC3)cs2)o1. The van der Waals surface area contributed by atoms with Gasteiger partial charge < -0.3 is 4.42 Å². The van der Waals surface area contributed by atoms with Crippen molar-refractivity contribution in [2.45, 2.75) is 25.4 Å². The molecule has 0 aliphatic heterocycles. The van der Waals surface area contributed by atoms with Crippen LogP contribution in [0.1, 0.15) is 24.3 Å². The maximum atomic E-state index is 12.4. The van der Waals surface area contributed by atoms with Gasteiger partial charge in [-0.3, -0.25) is 0 Å². The average Bonchev–Trinajstić information content (AvgIpc) is 2.81. The van der Waals surface area contributed by atoms with Gasteiger partial charge in [-0.1, -0.05) is 0 Å². The molecule has 0 N–H and O–H groups in total. The summed E-state index contributed by atoms with van der Waals surface area (Å²) >= 11 is 1.32. The van der Waals surface area contributed by atoms with Gasteiger partial charge in [0.05, 0.1) is 5.69 Å². The molecule has 1 fully saturated rings. The third-order valence-corrected chi connectivity index (χ3v) is 3.75. The van der Waals surface area contributed by atoms with E-state index in [0.29, 0.717) is 10.9 Å². The maximum Gasteiger partial charge on any atom is 0.449 e. The molecule has 1 aliphatic carbocycles. The first-order valence-corrected chi connectivity index (χ1v) is 6.52. The first-order valence-electron chi connectivity index (χ1n) is 5.64. The van der Waals surface area contributed by atoms with Crippen molar-refractivity contribution in [2.24, 2.45) is 5.92 Å².